The second kappa shape index (κ2) is 13.0. The van der Waals surface area contributed by atoms with Crippen molar-refractivity contribution in [2.45, 2.75) is 46.1 Å². The van der Waals surface area contributed by atoms with Crippen LogP contribution < -0.4 is 17.1 Å². The number of benzene rings is 3. The van der Waals surface area contributed by atoms with Crippen molar-refractivity contribution in [2.75, 3.05) is 0 Å². The molecule has 10 nitrogen and oxygen atoms in total. The Labute approximate surface area is 229 Å². The van der Waals surface area contributed by atoms with Crippen molar-refractivity contribution < 1.29 is 9.53 Å². The van der Waals surface area contributed by atoms with Gasteiger partial charge in [0.25, 0.3) is 6.26 Å². The van der Waals surface area contributed by atoms with Crippen molar-refractivity contribution in [2.24, 2.45) is 4.99 Å². The van der Waals surface area contributed by atoms with Gasteiger partial charge < -0.3 is 4.74 Å². The molecule has 0 fully saturated rings. The standard InChI is InChI=1S/C30H27N5O5/c1-2-22-6-3-8-24(12-22)16-33-28(37)34(17-25-9-4-7-23(13-25)15-32-21-36)30(39)35(29(33)38)18-26-10-5-11-27(14-26)19-40-20-31/h3-14H,2,15-19H2,1H3. The topological polar surface area (TPSA) is 128 Å². The van der Waals surface area contributed by atoms with Crippen LogP contribution in [0, 0.1) is 11.5 Å². The van der Waals surface area contributed by atoms with Gasteiger partial charge >= 0.3 is 17.1 Å². The van der Waals surface area contributed by atoms with Crippen LogP contribution in [0.15, 0.2) is 92.2 Å². The fourth-order valence-electron chi connectivity index (χ4n) is 4.47. The first-order valence-corrected chi connectivity index (χ1v) is 12.7. The summed E-state index contributed by atoms with van der Waals surface area (Å²) in [5.74, 6) is 0. The van der Waals surface area contributed by atoms with Gasteiger partial charge in [-0.25, -0.2) is 37.9 Å². The first-order chi connectivity index (χ1) is 19.4. The minimum atomic E-state index is -0.747. The number of isocyanates is 1. The van der Waals surface area contributed by atoms with Gasteiger partial charge in [-0.05, 0) is 39.8 Å². The summed E-state index contributed by atoms with van der Waals surface area (Å²) in [5, 5.41) is 8.71. The highest BCUT2D eigenvalue weighted by Crippen LogP contribution is 2.10. The molecule has 0 saturated heterocycles. The lowest BCUT2D eigenvalue weighted by molar-refractivity contribution is 0.257. The fraction of sp³-hybridized carbons (Fsp3) is 0.233. The van der Waals surface area contributed by atoms with E-state index in [0.29, 0.717) is 16.7 Å². The molecule has 4 aromatic rings. The van der Waals surface area contributed by atoms with Crippen LogP contribution in [0.25, 0.3) is 0 Å². The van der Waals surface area contributed by atoms with Gasteiger partial charge in [0.1, 0.15) is 6.61 Å². The molecule has 202 valence electrons. The van der Waals surface area contributed by atoms with Gasteiger partial charge in [0.15, 0.2) is 0 Å². The molecule has 0 saturated carbocycles. The van der Waals surface area contributed by atoms with Gasteiger partial charge in [-0.2, -0.15) is 5.26 Å². The highest BCUT2D eigenvalue weighted by molar-refractivity contribution is 5.34. The zero-order chi connectivity index (χ0) is 28.5. The van der Waals surface area contributed by atoms with Gasteiger partial charge in [0, 0.05) is 0 Å². The molecule has 0 bridgehead atoms. The molecule has 0 unspecified atom stereocenters. The SMILES string of the molecule is CCc1cccc(Cn2c(=O)n(Cc3cccc(CN=C=O)c3)c(=O)n(Cc3cccc(COC#N)c3)c2=O)c1. The molecular formula is C30H27N5O5. The molecule has 10 heteroatoms. The molecular weight excluding hydrogens is 510 g/mol. The number of carbonyl (C=O) groups excluding carboxylic acids is 1. The summed E-state index contributed by atoms with van der Waals surface area (Å²) < 4.78 is 7.95. The predicted molar refractivity (Wildman–Crippen MR) is 147 cm³/mol. The van der Waals surface area contributed by atoms with Crippen LogP contribution in [-0.2, 0) is 48.7 Å². The van der Waals surface area contributed by atoms with Gasteiger partial charge in [-0.3, -0.25) is 0 Å². The molecule has 3 aromatic carbocycles. The van der Waals surface area contributed by atoms with Crippen molar-refractivity contribution in [1.82, 2.24) is 13.7 Å². The Morgan fingerprint density at radius 2 is 1.12 bits per heavy atom. The zero-order valence-corrected chi connectivity index (χ0v) is 21.9. The van der Waals surface area contributed by atoms with Crippen LogP contribution in [0.2, 0.25) is 0 Å². The highest BCUT2D eigenvalue weighted by atomic mass is 16.5. The lowest BCUT2D eigenvalue weighted by atomic mass is 10.1. The molecule has 0 atom stereocenters. The number of rotatable bonds is 11. The maximum atomic E-state index is 13.6. The van der Waals surface area contributed by atoms with Gasteiger partial charge in [0.2, 0.25) is 6.08 Å². The first kappa shape index (κ1) is 27.8. The highest BCUT2D eigenvalue weighted by Gasteiger charge is 2.17. The summed E-state index contributed by atoms with van der Waals surface area (Å²) in [5.41, 5.74) is 2.33. The quantitative estimate of drug-likeness (QED) is 0.164. The van der Waals surface area contributed by atoms with Crippen LogP contribution in [0.1, 0.15) is 40.3 Å². The fourth-order valence-corrected chi connectivity index (χ4v) is 4.47. The molecule has 0 spiro atoms. The third kappa shape index (κ3) is 6.59. The number of nitrogens with zero attached hydrogens (tertiary/aromatic N) is 5. The predicted octanol–water partition coefficient (Wildman–Crippen LogP) is 2.71. The molecule has 1 aromatic heterocycles. The Morgan fingerprint density at radius 3 is 1.60 bits per heavy atom. The molecule has 0 radical (unpaired) electrons. The molecule has 0 amide bonds. The molecule has 4 rings (SSSR count). The first-order valence-electron chi connectivity index (χ1n) is 12.7. The van der Waals surface area contributed by atoms with Crippen molar-refractivity contribution in [3.05, 3.63) is 138 Å². The van der Waals surface area contributed by atoms with E-state index >= 15 is 0 Å². The maximum Gasteiger partial charge on any atom is 0.336 e. The number of hydrogen-bond donors (Lipinski definition) is 0. The summed E-state index contributed by atoms with van der Waals surface area (Å²) >= 11 is 0. The van der Waals surface area contributed by atoms with E-state index in [0.717, 1.165) is 36.8 Å². The third-order valence-electron chi connectivity index (χ3n) is 6.42. The summed E-state index contributed by atoms with van der Waals surface area (Å²) in [4.78, 5) is 54.9. The van der Waals surface area contributed by atoms with E-state index in [4.69, 9.17) is 10.00 Å². The number of aliphatic imine (C=N–C) groups is 1. The van der Waals surface area contributed by atoms with Crippen LogP contribution in [0.3, 0.4) is 0 Å². The van der Waals surface area contributed by atoms with Gasteiger partial charge in [0.05, 0.1) is 26.2 Å². The number of aromatic nitrogens is 3. The van der Waals surface area contributed by atoms with Crippen molar-refractivity contribution >= 4 is 6.08 Å². The third-order valence-corrected chi connectivity index (χ3v) is 6.42. The second-order valence-corrected chi connectivity index (χ2v) is 9.21. The molecule has 40 heavy (non-hydrogen) atoms. The summed E-state index contributed by atoms with van der Waals surface area (Å²) in [6, 6.07) is 21.6. The zero-order valence-electron chi connectivity index (χ0n) is 21.9. The minimum Gasteiger partial charge on any atom is -0.423 e. The Balaban J connectivity index is 1.82. The van der Waals surface area contributed by atoms with Gasteiger partial charge in [-0.15, -0.1) is 0 Å². The largest absolute Gasteiger partial charge is 0.423 e. The van der Waals surface area contributed by atoms with Crippen LogP contribution in [0.5, 0.6) is 0 Å². The van der Waals surface area contributed by atoms with Gasteiger partial charge in [-0.1, -0.05) is 79.7 Å². The molecule has 0 aliphatic heterocycles. The van der Waals surface area contributed by atoms with E-state index in [1.54, 1.807) is 54.8 Å². The monoisotopic (exact) mass is 537 g/mol. The van der Waals surface area contributed by atoms with E-state index in [1.165, 1.54) is 6.08 Å². The Bertz CT molecular complexity index is 1790. The molecule has 0 aliphatic carbocycles. The lowest BCUT2D eigenvalue weighted by Crippen LogP contribution is -2.54. The Morgan fingerprint density at radius 1 is 0.700 bits per heavy atom. The van der Waals surface area contributed by atoms with Crippen molar-refractivity contribution in [3.63, 3.8) is 0 Å². The number of nitriles is 1. The summed E-state index contributed by atoms with van der Waals surface area (Å²) in [6.07, 6.45) is 3.92. The summed E-state index contributed by atoms with van der Waals surface area (Å²) in [6.45, 7) is 2.03. The molecule has 0 aliphatic rings. The Hall–Kier alpha value is -5.26. The van der Waals surface area contributed by atoms with E-state index in [-0.39, 0.29) is 32.8 Å². The van der Waals surface area contributed by atoms with E-state index in [2.05, 4.69) is 4.99 Å². The van der Waals surface area contributed by atoms with Crippen LogP contribution in [-0.4, -0.2) is 19.8 Å². The van der Waals surface area contributed by atoms with E-state index in [1.807, 2.05) is 31.2 Å². The Kier molecular flexibility index (Phi) is 9.03. The minimum absolute atomic E-state index is 0.00404. The maximum absolute atomic E-state index is 13.6. The van der Waals surface area contributed by atoms with Crippen LogP contribution >= 0.6 is 0 Å². The molecule has 1 heterocycles. The van der Waals surface area contributed by atoms with Crippen LogP contribution in [0.4, 0.5) is 0 Å². The lowest BCUT2D eigenvalue weighted by Gasteiger charge is -2.15. The number of aryl methyl sites for hydroxylation is 1. The van der Waals surface area contributed by atoms with Crippen molar-refractivity contribution in [3.8, 4) is 6.26 Å². The molecule has 0 N–H and O–H groups in total. The van der Waals surface area contributed by atoms with E-state index < -0.39 is 17.1 Å². The van der Waals surface area contributed by atoms with E-state index in [9.17, 15) is 19.2 Å². The normalized spacial score (nSPS) is 10.5. The summed E-state index contributed by atoms with van der Waals surface area (Å²) in [7, 11) is 0. The average Bonchev–Trinajstić information content (AvgIpc) is 2.98. The average molecular weight is 538 g/mol. The second-order valence-electron chi connectivity index (χ2n) is 9.21. The van der Waals surface area contributed by atoms with Crippen molar-refractivity contribution in [1.29, 1.82) is 5.26 Å². The number of ether oxygens (including phenoxy) is 1. The number of hydrogen-bond acceptors (Lipinski definition) is 7. The smallest absolute Gasteiger partial charge is 0.336 e.